The molecule has 18 heavy (non-hydrogen) atoms. The standard InChI is InChI=1S/C13H13N3OS/c1-8-5-6-15-13(11(8)12(14)18)17-10-4-3-9(2)16-7-10/h3-7H,1-2H3,(H2,14,18). The number of hydrogen-bond donors (Lipinski definition) is 1. The molecule has 0 aliphatic heterocycles. The van der Waals surface area contributed by atoms with Crippen LogP contribution in [0.1, 0.15) is 16.8 Å². The molecule has 0 saturated carbocycles. The van der Waals surface area contributed by atoms with Crippen LogP contribution in [0.3, 0.4) is 0 Å². The Hall–Kier alpha value is -2.01. The average Bonchev–Trinajstić information content (AvgIpc) is 2.32. The molecule has 2 aromatic heterocycles. The van der Waals surface area contributed by atoms with Gasteiger partial charge in [-0.15, -0.1) is 0 Å². The van der Waals surface area contributed by atoms with Crippen LogP contribution in [-0.4, -0.2) is 15.0 Å². The zero-order chi connectivity index (χ0) is 13.1. The monoisotopic (exact) mass is 259 g/mol. The zero-order valence-corrected chi connectivity index (χ0v) is 11.0. The van der Waals surface area contributed by atoms with Gasteiger partial charge in [0.25, 0.3) is 0 Å². The highest BCUT2D eigenvalue weighted by atomic mass is 32.1. The summed E-state index contributed by atoms with van der Waals surface area (Å²) in [6.45, 7) is 3.82. The van der Waals surface area contributed by atoms with Gasteiger partial charge in [-0.25, -0.2) is 4.98 Å². The van der Waals surface area contributed by atoms with Crippen LogP contribution in [0.4, 0.5) is 0 Å². The predicted molar refractivity (Wildman–Crippen MR) is 73.9 cm³/mol. The van der Waals surface area contributed by atoms with Gasteiger partial charge in [0.05, 0.1) is 11.8 Å². The molecule has 2 rings (SSSR count). The van der Waals surface area contributed by atoms with E-state index in [2.05, 4.69) is 9.97 Å². The maximum Gasteiger partial charge on any atom is 0.229 e. The van der Waals surface area contributed by atoms with Crippen LogP contribution in [0, 0.1) is 13.8 Å². The molecular weight excluding hydrogens is 246 g/mol. The summed E-state index contributed by atoms with van der Waals surface area (Å²) in [6, 6.07) is 5.54. The Labute approximate surface area is 111 Å². The molecular formula is C13H13N3OS. The summed E-state index contributed by atoms with van der Waals surface area (Å²) < 4.78 is 5.67. The summed E-state index contributed by atoms with van der Waals surface area (Å²) in [5.74, 6) is 1.02. The molecule has 0 atom stereocenters. The highest BCUT2D eigenvalue weighted by Crippen LogP contribution is 2.24. The molecule has 0 amide bonds. The van der Waals surface area contributed by atoms with Crippen LogP contribution >= 0.6 is 12.2 Å². The summed E-state index contributed by atoms with van der Waals surface area (Å²) in [5.41, 5.74) is 8.21. The van der Waals surface area contributed by atoms with E-state index < -0.39 is 0 Å². The van der Waals surface area contributed by atoms with E-state index in [0.717, 1.165) is 11.3 Å². The van der Waals surface area contributed by atoms with E-state index >= 15 is 0 Å². The second-order valence-corrected chi connectivity index (χ2v) is 4.35. The summed E-state index contributed by atoms with van der Waals surface area (Å²) in [5, 5.41) is 0. The summed E-state index contributed by atoms with van der Waals surface area (Å²) in [6.07, 6.45) is 3.30. The fourth-order valence-electron chi connectivity index (χ4n) is 1.54. The lowest BCUT2D eigenvalue weighted by molar-refractivity contribution is 0.459. The number of ether oxygens (including phenoxy) is 1. The van der Waals surface area contributed by atoms with Crippen LogP contribution in [0.5, 0.6) is 11.6 Å². The first-order valence-corrected chi connectivity index (χ1v) is 5.84. The van der Waals surface area contributed by atoms with E-state index in [1.165, 1.54) is 0 Å². The van der Waals surface area contributed by atoms with Gasteiger partial charge >= 0.3 is 0 Å². The lowest BCUT2D eigenvalue weighted by Gasteiger charge is -2.10. The highest BCUT2D eigenvalue weighted by molar-refractivity contribution is 7.80. The molecule has 0 saturated heterocycles. The van der Waals surface area contributed by atoms with Crippen molar-refractivity contribution in [2.24, 2.45) is 5.73 Å². The molecule has 0 aromatic carbocycles. The normalized spacial score (nSPS) is 10.1. The molecule has 0 fully saturated rings. The van der Waals surface area contributed by atoms with E-state index in [1.807, 2.05) is 32.0 Å². The number of aromatic nitrogens is 2. The molecule has 0 radical (unpaired) electrons. The van der Waals surface area contributed by atoms with E-state index in [-0.39, 0.29) is 4.99 Å². The van der Waals surface area contributed by atoms with Gasteiger partial charge in [-0.05, 0) is 37.6 Å². The number of nitrogens with zero attached hydrogens (tertiary/aromatic N) is 2. The van der Waals surface area contributed by atoms with Gasteiger partial charge < -0.3 is 10.5 Å². The van der Waals surface area contributed by atoms with Gasteiger partial charge in [0, 0.05) is 11.9 Å². The van der Waals surface area contributed by atoms with E-state index in [9.17, 15) is 0 Å². The molecule has 2 N–H and O–H groups in total. The molecule has 0 spiro atoms. The summed E-state index contributed by atoms with van der Waals surface area (Å²) in [7, 11) is 0. The Morgan fingerprint density at radius 2 is 2.00 bits per heavy atom. The summed E-state index contributed by atoms with van der Waals surface area (Å²) >= 11 is 5.02. The largest absolute Gasteiger partial charge is 0.437 e. The molecule has 2 heterocycles. The first kappa shape index (κ1) is 12.4. The number of rotatable bonds is 3. The third-order valence-electron chi connectivity index (χ3n) is 2.47. The minimum Gasteiger partial charge on any atom is -0.437 e. The van der Waals surface area contributed by atoms with E-state index in [1.54, 1.807) is 12.4 Å². The highest BCUT2D eigenvalue weighted by Gasteiger charge is 2.12. The quantitative estimate of drug-likeness (QED) is 0.858. The maximum atomic E-state index is 5.69. The SMILES string of the molecule is Cc1ccc(Oc2nccc(C)c2C(N)=S)cn1. The molecule has 0 aliphatic rings. The number of aryl methyl sites for hydroxylation is 2. The molecule has 4 nitrogen and oxygen atoms in total. The second-order valence-electron chi connectivity index (χ2n) is 3.91. The number of pyridine rings is 2. The molecule has 5 heteroatoms. The van der Waals surface area contributed by atoms with Crippen LogP contribution in [0.15, 0.2) is 30.6 Å². The lowest BCUT2D eigenvalue weighted by atomic mass is 10.1. The van der Waals surface area contributed by atoms with Crippen molar-refractivity contribution in [3.05, 3.63) is 47.4 Å². The lowest BCUT2D eigenvalue weighted by Crippen LogP contribution is -2.13. The predicted octanol–water partition coefficient (Wildman–Crippen LogP) is 2.52. The zero-order valence-electron chi connectivity index (χ0n) is 10.2. The van der Waals surface area contributed by atoms with Crippen molar-refractivity contribution in [3.63, 3.8) is 0 Å². The first-order chi connectivity index (χ1) is 8.58. The molecule has 0 aliphatic carbocycles. The van der Waals surface area contributed by atoms with Gasteiger partial charge in [-0.3, -0.25) is 4.98 Å². The fraction of sp³-hybridized carbons (Fsp3) is 0.154. The van der Waals surface area contributed by atoms with Crippen LogP contribution in [0.25, 0.3) is 0 Å². The third-order valence-corrected chi connectivity index (χ3v) is 2.67. The minimum atomic E-state index is 0.274. The fourth-order valence-corrected chi connectivity index (χ4v) is 1.78. The molecule has 2 aromatic rings. The van der Waals surface area contributed by atoms with Crippen molar-refractivity contribution >= 4 is 17.2 Å². The number of nitrogens with two attached hydrogens (primary N) is 1. The second kappa shape index (κ2) is 5.10. The molecule has 0 bridgehead atoms. The van der Waals surface area contributed by atoms with Crippen molar-refractivity contribution in [1.29, 1.82) is 0 Å². The maximum absolute atomic E-state index is 5.69. The van der Waals surface area contributed by atoms with Crippen molar-refractivity contribution in [3.8, 4) is 11.6 Å². The van der Waals surface area contributed by atoms with Crippen molar-refractivity contribution < 1.29 is 4.74 Å². The van der Waals surface area contributed by atoms with Gasteiger partial charge in [-0.1, -0.05) is 12.2 Å². The average molecular weight is 259 g/mol. The van der Waals surface area contributed by atoms with Crippen LogP contribution in [0.2, 0.25) is 0 Å². The smallest absolute Gasteiger partial charge is 0.229 e. The van der Waals surface area contributed by atoms with Gasteiger partial charge in [0.15, 0.2) is 0 Å². The topological polar surface area (TPSA) is 61.0 Å². The Balaban J connectivity index is 2.37. The van der Waals surface area contributed by atoms with Crippen molar-refractivity contribution in [1.82, 2.24) is 9.97 Å². The Morgan fingerprint density at radius 1 is 1.22 bits per heavy atom. The molecule has 0 unspecified atom stereocenters. The first-order valence-electron chi connectivity index (χ1n) is 5.44. The summed E-state index contributed by atoms with van der Waals surface area (Å²) in [4.78, 5) is 8.59. The van der Waals surface area contributed by atoms with Gasteiger partial charge in [0.2, 0.25) is 5.88 Å². The van der Waals surface area contributed by atoms with Crippen LogP contribution < -0.4 is 10.5 Å². The Kier molecular flexibility index (Phi) is 3.53. The van der Waals surface area contributed by atoms with E-state index in [4.69, 9.17) is 22.7 Å². The van der Waals surface area contributed by atoms with Crippen molar-refractivity contribution in [2.45, 2.75) is 13.8 Å². The minimum absolute atomic E-state index is 0.274. The molecule has 92 valence electrons. The van der Waals surface area contributed by atoms with Gasteiger partial charge in [-0.2, -0.15) is 0 Å². The van der Waals surface area contributed by atoms with Crippen molar-refractivity contribution in [2.75, 3.05) is 0 Å². The Bertz CT molecular complexity index is 581. The van der Waals surface area contributed by atoms with Gasteiger partial charge in [0.1, 0.15) is 10.7 Å². The Morgan fingerprint density at radius 3 is 2.61 bits per heavy atom. The number of hydrogen-bond acceptors (Lipinski definition) is 4. The van der Waals surface area contributed by atoms with Crippen LogP contribution in [-0.2, 0) is 0 Å². The third kappa shape index (κ3) is 2.62. The number of thiocarbonyl (C=S) groups is 1. The van der Waals surface area contributed by atoms with E-state index in [0.29, 0.717) is 17.2 Å².